The van der Waals surface area contributed by atoms with Crippen LogP contribution in [0.2, 0.25) is 0 Å². The zero-order valence-electron chi connectivity index (χ0n) is 12.6. The van der Waals surface area contributed by atoms with Gasteiger partial charge in [0.1, 0.15) is 5.82 Å². The van der Waals surface area contributed by atoms with E-state index in [4.69, 9.17) is 9.97 Å². The first-order chi connectivity index (χ1) is 10.9. The maximum Gasteiger partial charge on any atom is 0.162 e. The van der Waals surface area contributed by atoms with E-state index in [1.54, 1.807) is 0 Å². The van der Waals surface area contributed by atoms with Crippen molar-refractivity contribution in [1.29, 1.82) is 0 Å². The second-order valence-electron chi connectivity index (χ2n) is 5.80. The largest absolute Gasteiger partial charge is 0.356 e. The van der Waals surface area contributed by atoms with Gasteiger partial charge in [-0.25, -0.2) is 9.97 Å². The minimum atomic E-state index is 0.819. The molecule has 1 aliphatic heterocycles. The number of hydrogen-bond donors (Lipinski definition) is 0. The molecule has 22 heavy (non-hydrogen) atoms. The van der Waals surface area contributed by atoms with Crippen molar-refractivity contribution in [3.05, 3.63) is 54.6 Å². The highest BCUT2D eigenvalue weighted by atomic mass is 15.2. The van der Waals surface area contributed by atoms with E-state index in [2.05, 4.69) is 35.2 Å². The Bertz CT molecular complexity index is 777. The standard InChI is InChI=1S/C19H19N3/c1-3-9-15(10-4-1)18-20-17-12-6-5-11-16(17)19(21-18)22-13-7-2-8-14-22/h1,3-6,9-12H,2,7-8,13-14H2. The van der Waals surface area contributed by atoms with E-state index in [0.29, 0.717) is 0 Å². The molecule has 1 saturated heterocycles. The van der Waals surface area contributed by atoms with Crippen LogP contribution in [-0.4, -0.2) is 23.1 Å². The highest BCUT2D eigenvalue weighted by Gasteiger charge is 2.17. The quantitative estimate of drug-likeness (QED) is 0.705. The van der Waals surface area contributed by atoms with Crippen molar-refractivity contribution in [3.63, 3.8) is 0 Å². The number of benzene rings is 2. The van der Waals surface area contributed by atoms with Gasteiger partial charge in [0.2, 0.25) is 0 Å². The molecule has 3 nitrogen and oxygen atoms in total. The summed E-state index contributed by atoms with van der Waals surface area (Å²) in [5, 5.41) is 1.16. The fourth-order valence-corrected chi connectivity index (χ4v) is 3.12. The van der Waals surface area contributed by atoms with Crippen LogP contribution in [0.25, 0.3) is 22.3 Å². The van der Waals surface area contributed by atoms with Crippen molar-refractivity contribution in [2.45, 2.75) is 19.3 Å². The highest BCUT2D eigenvalue weighted by Crippen LogP contribution is 2.29. The molecule has 0 amide bonds. The average molecular weight is 289 g/mol. The molecule has 2 heterocycles. The number of rotatable bonds is 2. The monoisotopic (exact) mass is 289 g/mol. The van der Waals surface area contributed by atoms with Crippen LogP contribution >= 0.6 is 0 Å². The molecule has 0 aliphatic carbocycles. The molecule has 0 bridgehead atoms. The normalized spacial score (nSPS) is 15.2. The van der Waals surface area contributed by atoms with Crippen LogP contribution in [-0.2, 0) is 0 Å². The zero-order valence-corrected chi connectivity index (χ0v) is 12.6. The summed E-state index contributed by atoms with van der Waals surface area (Å²) >= 11 is 0. The predicted molar refractivity (Wildman–Crippen MR) is 91.0 cm³/mol. The average Bonchev–Trinajstić information content (AvgIpc) is 2.62. The third-order valence-corrected chi connectivity index (χ3v) is 4.27. The van der Waals surface area contributed by atoms with Gasteiger partial charge in [0.25, 0.3) is 0 Å². The van der Waals surface area contributed by atoms with Gasteiger partial charge in [-0.05, 0) is 31.4 Å². The second-order valence-corrected chi connectivity index (χ2v) is 5.80. The summed E-state index contributed by atoms with van der Waals surface area (Å²) in [5.41, 5.74) is 2.10. The van der Waals surface area contributed by atoms with Crippen LogP contribution in [0.4, 0.5) is 5.82 Å². The minimum absolute atomic E-state index is 0.819. The second kappa shape index (κ2) is 5.76. The lowest BCUT2D eigenvalue weighted by Crippen LogP contribution is -2.30. The summed E-state index contributed by atoms with van der Waals surface area (Å²) in [7, 11) is 0. The van der Waals surface area contributed by atoms with Crippen LogP contribution in [0.15, 0.2) is 54.6 Å². The zero-order chi connectivity index (χ0) is 14.8. The van der Waals surface area contributed by atoms with E-state index < -0.39 is 0 Å². The van der Waals surface area contributed by atoms with Crippen LogP contribution in [0.1, 0.15) is 19.3 Å². The number of fused-ring (bicyclic) bond motifs is 1. The van der Waals surface area contributed by atoms with Gasteiger partial charge in [-0.1, -0.05) is 42.5 Å². The van der Waals surface area contributed by atoms with E-state index >= 15 is 0 Å². The van der Waals surface area contributed by atoms with Gasteiger partial charge in [0.15, 0.2) is 5.82 Å². The van der Waals surface area contributed by atoms with E-state index in [0.717, 1.165) is 41.2 Å². The number of anilines is 1. The maximum absolute atomic E-state index is 4.91. The fraction of sp³-hybridized carbons (Fsp3) is 0.263. The SMILES string of the molecule is c1ccc(-c2nc(N3CCCCC3)c3ccccc3n2)cc1. The molecule has 1 aromatic heterocycles. The molecule has 0 spiro atoms. The Labute approximate surface area is 130 Å². The van der Waals surface area contributed by atoms with Crippen LogP contribution in [0.5, 0.6) is 0 Å². The molecule has 3 aromatic rings. The van der Waals surface area contributed by atoms with Crippen molar-refractivity contribution in [2.24, 2.45) is 0 Å². The summed E-state index contributed by atoms with van der Waals surface area (Å²) in [6, 6.07) is 18.6. The van der Waals surface area contributed by atoms with E-state index in [1.165, 1.54) is 19.3 Å². The summed E-state index contributed by atoms with van der Waals surface area (Å²) in [6.07, 6.45) is 3.82. The van der Waals surface area contributed by atoms with Gasteiger partial charge in [0.05, 0.1) is 5.52 Å². The Morgan fingerprint density at radius 3 is 2.27 bits per heavy atom. The van der Waals surface area contributed by atoms with E-state index in [-0.39, 0.29) is 0 Å². The Hall–Kier alpha value is -2.42. The summed E-state index contributed by atoms with van der Waals surface area (Å²) in [4.78, 5) is 12.1. The van der Waals surface area contributed by atoms with Crippen molar-refractivity contribution < 1.29 is 0 Å². The lowest BCUT2D eigenvalue weighted by molar-refractivity contribution is 0.575. The van der Waals surface area contributed by atoms with Crippen molar-refractivity contribution in [2.75, 3.05) is 18.0 Å². The van der Waals surface area contributed by atoms with E-state index in [9.17, 15) is 0 Å². The number of nitrogens with zero attached hydrogens (tertiary/aromatic N) is 3. The first-order valence-electron chi connectivity index (χ1n) is 7.99. The summed E-state index contributed by atoms with van der Waals surface area (Å²) in [6.45, 7) is 2.18. The van der Waals surface area contributed by atoms with Gasteiger partial charge in [-0.3, -0.25) is 0 Å². The molecule has 110 valence electrons. The molecular weight excluding hydrogens is 270 g/mol. The molecule has 0 saturated carbocycles. The molecule has 3 heteroatoms. The third-order valence-electron chi connectivity index (χ3n) is 4.27. The molecule has 1 fully saturated rings. The topological polar surface area (TPSA) is 29.0 Å². The Balaban J connectivity index is 1.89. The summed E-state index contributed by atoms with van der Waals surface area (Å²) in [5.74, 6) is 1.91. The number of piperidine rings is 1. The molecule has 0 N–H and O–H groups in total. The third kappa shape index (κ3) is 2.43. The predicted octanol–water partition coefficient (Wildman–Crippen LogP) is 4.29. The Kier molecular flexibility index (Phi) is 3.47. The fourth-order valence-electron chi connectivity index (χ4n) is 3.12. The molecule has 0 atom stereocenters. The van der Waals surface area contributed by atoms with Crippen LogP contribution in [0.3, 0.4) is 0 Å². The Morgan fingerprint density at radius 1 is 0.727 bits per heavy atom. The Morgan fingerprint density at radius 2 is 1.45 bits per heavy atom. The first-order valence-corrected chi connectivity index (χ1v) is 7.99. The van der Waals surface area contributed by atoms with Crippen molar-refractivity contribution in [3.8, 4) is 11.4 Å². The minimum Gasteiger partial charge on any atom is -0.356 e. The molecule has 2 aromatic carbocycles. The van der Waals surface area contributed by atoms with Crippen LogP contribution in [0, 0.1) is 0 Å². The van der Waals surface area contributed by atoms with Crippen LogP contribution < -0.4 is 4.90 Å². The molecule has 1 aliphatic rings. The van der Waals surface area contributed by atoms with Gasteiger partial charge >= 0.3 is 0 Å². The van der Waals surface area contributed by atoms with Gasteiger partial charge in [-0.15, -0.1) is 0 Å². The molecule has 0 radical (unpaired) electrons. The maximum atomic E-state index is 4.91. The molecular formula is C19H19N3. The van der Waals surface area contributed by atoms with Gasteiger partial charge < -0.3 is 4.90 Å². The lowest BCUT2D eigenvalue weighted by atomic mass is 10.1. The van der Waals surface area contributed by atoms with E-state index in [1.807, 2.05) is 24.3 Å². The lowest BCUT2D eigenvalue weighted by Gasteiger charge is -2.29. The van der Waals surface area contributed by atoms with Crippen molar-refractivity contribution >= 4 is 16.7 Å². The van der Waals surface area contributed by atoms with Crippen molar-refractivity contribution in [1.82, 2.24) is 9.97 Å². The number of hydrogen-bond acceptors (Lipinski definition) is 3. The van der Waals surface area contributed by atoms with Gasteiger partial charge in [0, 0.05) is 24.0 Å². The molecule has 0 unspecified atom stereocenters. The first kappa shape index (κ1) is 13.3. The number of aromatic nitrogens is 2. The highest BCUT2D eigenvalue weighted by molar-refractivity contribution is 5.91. The van der Waals surface area contributed by atoms with Gasteiger partial charge in [-0.2, -0.15) is 0 Å². The number of para-hydroxylation sites is 1. The molecule has 4 rings (SSSR count). The smallest absolute Gasteiger partial charge is 0.162 e. The summed E-state index contributed by atoms with van der Waals surface area (Å²) < 4.78 is 0.